The lowest BCUT2D eigenvalue weighted by atomic mass is 9.61. The Morgan fingerprint density at radius 2 is 1.46 bits per heavy atom. The molecular weight excluding hydrogens is 602 g/mol. The molecule has 0 unspecified atom stereocenters. The molecule has 238 valence electrons. The second kappa shape index (κ2) is 12.9. The van der Waals surface area contributed by atoms with Crippen molar-refractivity contribution in [2.75, 3.05) is 25.2 Å². The zero-order valence-corrected chi connectivity index (χ0v) is 24.8. The highest BCUT2D eigenvalue weighted by Crippen LogP contribution is 2.50. The third kappa shape index (κ3) is 5.47. The number of nitrogens with zero attached hydrogens (tertiary/aromatic N) is 3. The molecule has 5 rings (SSSR count). The molecule has 0 N–H and O–H groups in total. The van der Waals surface area contributed by atoms with Crippen LogP contribution in [0.4, 0.5) is 21.9 Å². The smallest absolute Gasteiger partial charge is 0.414 e. The van der Waals surface area contributed by atoms with Gasteiger partial charge in [-0.25, -0.2) is 4.79 Å². The van der Waals surface area contributed by atoms with Crippen LogP contribution in [0.3, 0.4) is 0 Å². The number of carbonyl (C=O) groups is 4. The van der Waals surface area contributed by atoms with Crippen LogP contribution in [0.5, 0.6) is 0 Å². The van der Waals surface area contributed by atoms with Crippen LogP contribution in [0, 0.1) is 25.6 Å². The van der Waals surface area contributed by atoms with Crippen molar-refractivity contribution in [1.82, 2.24) is 0 Å². The second-order valence-corrected chi connectivity index (χ2v) is 10.8. The number of methoxy groups -OCH3 is 1. The number of hydrogen-bond donors (Lipinski definition) is 0. The van der Waals surface area contributed by atoms with Crippen molar-refractivity contribution < 1.29 is 43.2 Å². The van der Waals surface area contributed by atoms with E-state index in [9.17, 15) is 39.4 Å². The van der Waals surface area contributed by atoms with Crippen molar-refractivity contribution in [3.05, 3.63) is 110 Å². The highest BCUT2D eigenvalue weighted by Gasteiger charge is 2.67. The largest absolute Gasteiger partial charge is 0.465 e. The fourth-order valence-electron chi connectivity index (χ4n) is 6.27. The number of fused-ring (bicyclic) bond motifs is 2. The highest BCUT2D eigenvalue weighted by molar-refractivity contribution is 6.21. The summed E-state index contributed by atoms with van der Waals surface area (Å²) >= 11 is 0. The lowest BCUT2D eigenvalue weighted by molar-refractivity contribution is -0.385. The SMILES string of the molecule is CCOC(=O)[C@@]12C(=O)c3ccccc3N(C(=O)OCC(c3ccc([N+](=O)[O-])cc3)c3ccc([N+](=O)[O-])cc3)[C@H]1CC(=O)C[C@H]2OC. The quantitative estimate of drug-likeness (QED) is 0.137. The molecule has 0 spiro atoms. The molecule has 1 amide bonds. The first-order chi connectivity index (χ1) is 22.0. The van der Waals surface area contributed by atoms with Gasteiger partial charge in [-0.15, -0.1) is 0 Å². The van der Waals surface area contributed by atoms with E-state index in [1.165, 1.54) is 67.8 Å². The van der Waals surface area contributed by atoms with E-state index < -0.39 is 51.2 Å². The Morgan fingerprint density at radius 3 is 1.98 bits per heavy atom. The van der Waals surface area contributed by atoms with Gasteiger partial charge in [-0.2, -0.15) is 0 Å². The van der Waals surface area contributed by atoms with Gasteiger partial charge < -0.3 is 14.2 Å². The summed E-state index contributed by atoms with van der Waals surface area (Å²) in [5, 5.41) is 22.5. The fourth-order valence-corrected chi connectivity index (χ4v) is 6.27. The number of Topliss-reactive ketones (excluding diaryl/α,β-unsaturated/α-hetero) is 2. The first kappa shape index (κ1) is 31.9. The van der Waals surface area contributed by atoms with E-state index >= 15 is 0 Å². The van der Waals surface area contributed by atoms with Gasteiger partial charge in [0.1, 0.15) is 12.4 Å². The number of nitro benzene ring substituents is 2. The maximum atomic E-state index is 14.2. The van der Waals surface area contributed by atoms with Gasteiger partial charge in [0, 0.05) is 55.7 Å². The summed E-state index contributed by atoms with van der Waals surface area (Å²) in [6, 6.07) is 15.9. The van der Waals surface area contributed by atoms with E-state index in [0.717, 1.165) is 4.90 Å². The summed E-state index contributed by atoms with van der Waals surface area (Å²) in [5.41, 5.74) is -1.19. The van der Waals surface area contributed by atoms with Crippen molar-refractivity contribution in [2.24, 2.45) is 5.41 Å². The third-order valence-corrected chi connectivity index (χ3v) is 8.44. The van der Waals surface area contributed by atoms with Crippen LogP contribution >= 0.6 is 0 Å². The monoisotopic (exact) mass is 631 g/mol. The minimum Gasteiger partial charge on any atom is -0.465 e. The fraction of sp³-hybridized carbons (Fsp3) is 0.312. The summed E-state index contributed by atoms with van der Waals surface area (Å²) < 4.78 is 16.8. The number of nitro groups is 2. The average molecular weight is 632 g/mol. The molecule has 3 aromatic carbocycles. The molecule has 1 fully saturated rings. The lowest BCUT2D eigenvalue weighted by Crippen LogP contribution is -2.69. The molecule has 0 aromatic heterocycles. The summed E-state index contributed by atoms with van der Waals surface area (Å²) in [6.45, 7) is 1.16. The van der Waals surface area contributed by atoms with Gasteiger partial charge in [0.15, 0.2) is 11.2 Å². The zero-order valence-electron chi connectivity index (χ0n) is 24.8. The molecule has 14 nitrogen and oxygen atoms in total. The molecule has 2 aliphatic rings. The van der Waals surface area contributed by atoms with Crippen LogP contribution < -0.4 is 4.90 Å². The number of esters is 1. The zero-order chi connectivity index (χ0) is 33.2. The molecule has 0 saturated heterocycles. The number of anilines is 1. The predicted molar refractivity (Wildman–Crippen MR) is 161 cm³/mol. The Bertz CT molecular complexity index is 1650. The molecule has 14 heteroatoms. The van der Waals surface area contributed by atoms with Gasteiger partial charge in [-0.3, -0.25) is 39.5 Å². The number of ketones is 2. The number of rotatable bonds is 9. The normalized spacial score (nSPS) is 20.5. The van der Waals surface area contributed by atoms with Gasteiger partial charge in [-0.05, 0) is 30.2 Å². The number of para-hydroxylation sites is 1. The Hall–Kier alpha value is -5.50. The number of non-ortho nitro benzene ring substituents is 2. The van der Waals surface area contributed by atoms with E-state index in [-0.39, 0.29) is 54.5 Å². The molecule has 3 atom stereocenters. The molecule has 1 aliphatic carbocycles. The average Bonchev–Trinajstić information content (AvgIpc) is 3.05. The van der Waals surface area contributed by atoms with Crippen LogP contribution in [-0.4, -0.2) is 65.9 Å². The van der Waals surface area contributed by atoms with Crippen LogP contribution in [0.15, 0.2) is 72.8 Å². The number of amides is 1. The van der Waals surface area contributed by atoms with E-state index in [1.807, 2.05) is 0 Å². The molecule has 46 heavy (non-hydrogen) atoms. The highest BCUT2D eigenvalue weighted by atomic mass is 16.6. The van der Waals surface area contributed by atoms with Gasteiger partial charge in [-0.1, -0.05) is 36.4 Å². The van der Waals surface area contributed by atoms with Crippen molar-refractivity contribution in [1.29, 1.82) is 0 Å². The third-order valence-electron chi connectivity index (χ3n) is 8.44. The van der Waals surface area contributed by atoms with Crippen LogP contribution in [0.2, 0.25) is 0 Å². The van der Waals surface area contributed by atoms with E-state index in [1.54, 1.807) is 19.1 Å². The van der Waals surface area contributed by atoms with Crippen molar-refractivity contribution in [3.8, 4) is 0 Å². The number of ether oxygens (including phenoxy) is 3. The minimum absolute atomic E-state index is 0.0439. The second-order valence-electron chi connectivity index (χ2n) is 10.8. The van der Waals surface area contributed by atoms with E-state index in [4.69, 9.17) is 14.2 Å². The van der Waals surface area contributed by atoms with Gasteiger partial charge in [0.25, 0.3) is 11.4 Å². The molecule has 1 saturated carbocycles. The van der Waals surface area contributed by atoms with Crippen molar-refractivity contribution in [3.63, 3.8) is 0 Å². The van der Waals surface area contributed by atoms with Crippen LogP contribution in [0.25, 0.3) is 0 Å². The molecule has 0 radical (unpaired) electrons. The van der Waals surface area contributed by atoms with E-state index in [2.05, 4.69) is 0 Å². The van der Waals surface area contributed by atoms with Crippen LogP contribution in [0.1, 0.15) is 47.2 Å². The molecule has 3 aromatic rings. The van der Waals surface area contributed by atoms with Gasteiger partial charge in [0.05, 0.1) is 34.3 Å². The molecule has 1 aliphatic heterocycles. The summed E-state index contributed by atoms with van der Waals surface area (Å²) in [6.07, 6.45) is -2.79. The molecule has 1 heterocycles. The predicted octanol–water partition coefficient (Wildman–Crippen LogP) is 4.77. The first-order valence-corrected chi connectivity index (χ1v) is 14.3. The summed E-state index contributed by atoms with van der Waals surface area (Å²) in [7, 11) is 1.27. The summed E-state index contributed by atoms with van der Waals surface area (Å²) in [4.78, 5) is 77.4. The number of hydrogen-bond acceptors (Lipinski definition) is 11. The Labute approximate surface area is 262 Å². The standard InChI is InChI=1S/C32H29N3O11/c1-3-45-30(38)32-27(16-23(36)17-28(32)44-2)33(26-7-5-4-6-24(26)29(32)37)31(39)46-18-25(19-8-12-21(13-9-19)34(40)41)20-10-14-22(15-11-20)35(42)43/h4-15,25,27-28H,3,16-18H2,1-2H3/t27-,28+,32-/m0/s1. The molecular formula is C32H29N3O11. The van der Waals surface area contributed by atoms with Crippen molar-refractivity contribution >= 4 is 40.7 Å². The Balaban J connectivity index is 1.56. The van der Waals surface area contributed by atoms with Gasteiger partial charge in [0.2, 0.25) is 0 Å². The van der Waals surface area contributed by atoms with Gasteiger partial charge >= 0.3 is 12.1 Å². The maximum Gasteiger partial charge on any atom is 0.414 e. The maximum absolute atomic E-state index is 14.2. The number of benzene rings is 3. The van der Waals surface area contributed by atoms with Crippen LogP contribution in [-0.2, 0) is 23.8 Å². The van der Waals surface area contributed by atoms with E-state index in [0.29, 0.717) is 11.1 Å². The summed E-state index contributed by atoms with van der Waals surface area (Å²) in [5.74, 6) is -2.63. The molecule has 0 bridgehead atoms. The number of carbonyl (C=O) groups excluding carboxylic acids is 4. The minimum atomic E-state index is -2.05. The Morgan fingerprint density at radius 1 is 0.891 bits per heavy atom. The lowest BCUT2D eigenvalue weighted by Gasteiger charge is -2.51. The van der Waals surface area contributed by atoms with Crippen molar-refractivity contribution in [2.45, 2.75) is 37.8 Å². The first-order valence-electron chi connectivity index (χ1n) is 14.3. The Kier molecular flexibility index (Phi) is 8.91. The topological polar surface area (TPSA) is 185 Å².